The van der Waals surface area contributed by atoms with Crippen LogP contribution in [-0.4, -0.2) is 32.1 Å². The van der Waals surface area contributed by atoms with Gasteiger partial charge in [-0.2, -0.15) is 0 Å². The van der Waals surface area contributed by atoms with E-state index >= 15 is 0 Å². The van der Waals surface area contributed by atoms with Crippen LogP contribution in [0.5, 0.6) is 0 Å². The molecule has 0 aliphatic carbocycles. The van der Waals surface area contributed by atoms with Gasteiger partial charge in [0, 0.05) is 13.1 Å². The minimum Gasteiger partial charge on any atom is -0.309 e. The van der Waals surface area contributed by atoms with E-state index in [0.29, 0.717) is 0 Å². The third-order valence-corrected chi connectivity index (χ3v) is 4.24. The first-order valence-electron chi connectivity index (χ1n) is 6.86. The fourth-order valence-corrected chi connectivity index (χ4v) is 2.87. The summed E-state index contributed by atoms with van der Waals surface area (Å²) in [6, 6.07) is 9.17. The zero-order valence-electron chi connectivity index (χ0n) is 12.4. The maximum Gasteiger partial charge on any atom is 0.0573 e. The van der Waals surface area contributed by atoms with E-state index in [4.69, 9.17) is 0 Å². The van der Waals surface area contributed by atoms with Gasteiger partial charge in [-0.1, -0.05) is 45.0 Å². The molecule has 1 aromatic rings. The Morgan fingerprint density at radius 1 is 1.17 bits per heavy atom. The van der Waals surface area contributed by atoms with Gasteiger partial charge in [0.15, 0.2) is 0 Å². The smallest absolute Gasteiger partial charge is 0.0573 e. The lowest BCUT2D eigenvalue weighted by Crippen LogP contribution is -2.42. The van der Waals surface area contributed by atoms with E-state index in [-0.39, 0.29) is 11.0 Å². The minimum absolute atomic E-state index is 0.144. The lowest BCUT2D eigenvalue weighted by atomic mass is 9.83. The zero-order chi connectivity index (χ0) is 13.4. The van der Waals surface area contributed by atoms with Crippen molar-refractivity contribution in [3.05, 3.63) is 35.4 Å². The topological polar surface area (TPSA) is 15.3 Å². The number of rotatable bonds is 2. The average Bonchev–Trinajstić information content (AvgIpc) is 2.71. The number of likely N-dealkylation sites (tertiary alicyclic amines) is 1. The number of likely N-dealkylation sites (N-methyl/N-ethyl adjacent to an activating group) is 2. The maximum absolute atomic E-state index is 3.54. The van der Waals surface area contributed by atoms with Crippen LogP contribution in [0.25, 0.3) is 0 Å². The molecule has 1 aromatic carbocycles. The molecule has 1 N–H and O–H groups in total. The van der Waals surface area contributed by atoms with E-state index in [2.05, 4.69) is 69.3 Å². The van der Waals surface area contributed by atoms with Crippen molar-refractivity contribution in [1.82, 2.24) is 10.2 Å². The number of nitrogens with zero attached hydrogens (tertiary/aromatic N) is 1. The van der Waals surface area contributed by atoms with Gasteiger partial charge < -0.3 is 10.2 Å². The molecule has 0 bridgehead atoms. The summed E-state index contributed by atoms with van der Waals surface area (Å²) >= 11 is 0. The van der Waals surface area contributed by atoms with Crippen LogP contribution < -0.4 is 5.32 Å². The predicted molar refractivity (Wildman–Crippen MR) is 78.0 cm³/mol. The van der Waals surface area contributed by atoms with Crippen molar-refractivity contribution in [2.45, 2.75) is 38.1 Å². The van der Waals surface area contributed by atoms with Crippen LogP contribution in [-0.2, 0) is 11.0 Å². The molecule has 18 heavy (non-hydrogen) atoms. The predicted octanol–water partition coefficient (Wildman–Crippen LogP) is 2.73. The Hall–Kier alpha value is -0.860. The van der Waals surface area contributed by atoms with Gasteiger partial charge in [-0.25, -0.2) is 0 Å². The summed E-state index contributed by atoms with van der Waals surface area (Å²) in [7, 11) is 4.28. The zero-order valence-corrected chi connectivity index (χ0v) is 12.4. The fourth-order valence-electron chi connectivity index (χ4n) is 2.87. The van der Waals surface area contributed by atoms with Crippen molar-refractivity contribution >= 4 is 0 Å². The van der Waals surface area contributed by atoms with Crippen LogP contribution in [0.3, 0.4) is 0 Å². The highest BCUT2D eigenvalue weighted by Gasteiger charge is 2.36. The van der Waals surface area contributed by atoms with Gasteiger partial charge in [-0.3, -0.25) is 0 Å². The molecule has 1 aliphatic heterocycles. The van der Waals surface area contributed by atoms with E-state index < -0.39 is 0 Å². The second-order valence-corrected chi connectivity index (χ2v) is 6.65. The van der Waals surface area contributed by atoms with Gasteiger partial charge in [-0.05, 0) is 37.1 Å². The molecular formula is C16H26N2. The van der Waals surface area contributed by atoms with Crippen molar-refractivity contribution in [3.63, 3.8) is 0 Å². The summed E-state index contributed by atoms with van der Waals surface area (Å²) < 4.78 is 0. The van der Waals surface area contributed by atoms with Gasteiger partial charge >= 0.3 is 0 Å². The van der Waals surface area contributed by atoms with Crippen LogP contribution in [0.1, 0.15) is 38.3 Å². The van der Waals surface area contributed by atoms with Gasteiger partial charge in [0.2, 0.25) is 0 Å². The van der Waals surface area contributed by atoms with Crippen molar-refractivity contribution in [1.29, 1.82) is 0 Å². The Bertz CT molecular complexity index is 402. The molecule has 2 rings (SSSR count). The lowest BCUT2D eigenvalue weighted by molar-refractivity contribution is 0.334. The summed E-state index contributed by atoms with van der Waals surface area (Å²) in [5.74, 6) is 0. The van der Waals surface area contributed by atoms with Gasteiger partial charge in [0.25, 0.3) is 0 Å². The first kappa shape index (κ1) is 13.6. The van der Waals surface area contributed by atoms with Gasteiger partial charge in [-0.15, -0.1) is 0 Å². The highest BCUT2D eigenvalue weighted by Crippen LogP contribution is 2.32. The second kappa shape index (κ2) is 4.67. The van der Waals surface area contributed by atoms with E-state index in [1.807, 2.05) is 0 Å². The molecule has 0 aromatic heterocycles. The molecule has 100 valence electrons. The molecule has 0 amide bonds. The summed E-state index contributed by atoms with van der Waals surface area (Å²) in [5, 5.41) is 3.54. The molecule has 1 fully saturated rings. The SMILES string of the molecule is CNC1(c2ccc(C(C)(C)C)cc2)CCN(C)C1. The Balaban J connectivity index is 2.28. The first-order chi connectivity index (χ1) is 8.37. The van der Waals surface area contributed by atoms with E-state index in [1.54, 1.807) is 0 Å². The monoisotopic (exact) mass is 246 g/mol. The summed E-state index contributed by atoms with van der Waals surface area (Å²) in [6.45, 7) is 9.05. The summed E-state index contributed by atoms with van der Waals surface area (Å²) in [6.07, 6.45) is 1.19. The first-order valence-corrected chi connectivity index (χ1v) is 6.86. The van der Waals surface area contributed by atoms with Gasteiger partial charge in [0.1, 0.15) is 0 Å². The highest BCUT2D eigenvalue weighted by molar-refractivity contribution is 5.33. The molecule has 0 saturated carbocycles. The number of benzene rings is 1. The third-order valence-electron chi connectivity index (χ3n) is 4.24. The number of nitrogens with one attached hydrogen (secondary N) is 1. The molecule has 0 spiro atoms. The van der Waals surface area contributed by atoms with Crippen LogP contribution in [0.2, 0.25) is 0 Å². The molecule has 2 nitrogen and oxygen atoms in total. The van der Waals surface area contributed by atoms with E-state index in [1.165, 1.54) is 24.1 Å². The number of hydrogen-bond acceptors (Lipinski definition) is 2. The van der Waals surface area contributed by atoms with Gasteiger partial charge in [0.05, 0.1) is 5.54 Å². The van der Waals surface area contributed by atoms with Crippen molar-refractivity contribution in [2.75, 3.05) is 27.2 Å². The largest absolute Gasteiger partial charge is 0.309 e. The molecule has 1 heterocycles. The molecule has 1 saturated heterocycles. The van der Waals surface area contributed by atoms with Crippen LogP contribution in [0.4, 0.5) is 0 Å². The Morgan fingerprint density at radius 2 is 1.78 bits per heavy atom. The van der Waals surface area contributed by atoms with Crippen molar-refractivity contribution in [2.24, 2.45) is 0 Å². The lowest BCUT2D eigenvalue weighted by Gasteiger charge is -2.30. The quantitative estimate of drug-likeness (QED) is 0.863. The molecule has 1 unspecified atom stereocenters. The fraction of sp³-hybridized carbons (Fsp3) is 0.625. The van der Waals surface area contributed by atoms with Crippen LogP contribution in [0, 0.1) is 0 Å². The average molecular weight is 246 g/mol. The second-order valence-electron chi connectivity index (χ2n) is 6.65. The Kier molecular flexibility index (Phi) is 3.52. The highest BCUT2D eigenvalue weighted by atomic mass is 15.2. The standard InChI is InChI=1S/C16H26N2/c1-15(2,3)13-6-8-14(9-7-13)16(17-4)10-11-18(5)12-16/h6-9,17H,10-12H2,1-5H3. The van der Waals surface area contributed by atoms with Crippen molar-refractivity contribution < 1.29 is 0 Å². The Labute approximate surface area is 111 Å². The molecular weight excluding hydrogens is 220 g/mol. The maximum atomic E-state index is 3.54. The molecule has 1 aliphatic rings. The Morgan fingerprint density at radius 3 is 2.17 bits per heavy atom. The van der Waals surface area contributed by atoms with Crippen LogP contribution >= 0.6 is 0 Å². The summed E-state index contributed by atoms with van der Waals surface area (Å²) in [4.78, 5) is 2.40. The normalized spacial score (nSPS) is 25.6. The number of hydrogen-bond donors (Lipinski definition) is 1. The van der Waals surface area contributed by atoms with Crippen molar-refractivity contribution in [3.8, 4) is 0 Å². The van der Waals surface area contributed by atoms with E-state index in [0.717, 1.165) is 6.54 Å². The molecule has 0 radical (unpaired) electrons. The molecule has 1 atom stereocenters. The third kappa shape index (κ3) is 2.45. The van der Waals surface area contributed by atoms with E-state index in [9.17, 15) is 0 Å². The molecule has 2 heteroatoms. The summed E-state index contributed by atoms with van der Waals surface area (Å²) in [5.41, 5.74) is 3.20. The van der Waals surface area contributed by atoms with Crippen LogP contribution in [0.15, 0.2) is 24.3 Å². The minimum atomic E-state index is 0.144.